The Balaban J connectivity index is 1.77. The molecule has 0 saturated heterocycles. The Bertz CT molecular complexity index is 559. The van der Waals surface area contributed by atoms with Crippen LogP contribution in [0.3, 0.4) is 0 Å². The molecule has 1 nitrogen and oxygen atoms in total. The lowest BCUT2D eigenvalue weighted by Crippen LogP contribution is -2.40. The van der Waals surface area contributed by atoms with E-state index < -0.39 is 0 Å². The molecule has 4 aliphatic rings. The zero-order valence-corrected chi connectivity index (χ0v) is 14.5. The highest BCUT2D eigenvalue weighted by atomic mass is 32.2. The van der Waals surface area contributed by atoms with Gasteiger partial charge in [0.05, 0.1) is 7.11 Å². The average molecular weight is 314 g/mol. The standard InChI is InChI=1S/C20H26OS/c1-3-22-20(15-5-4-6-18(12-15)21-2)19-16-8-13-7-14(10-16)11-17(19)9-13/h4-6,12-14,16-17H,3,7-11H2,1-2H3. The van der Waals surface area contributed by atoms with E-state index in [9.17, 15) is 0 Å². The molecule has 0 amide bonds. The van der Waals surface area contributed by atoms with Crippen LogP contribution in [0.15, 0.2) is 29.8 Å². The zero-order valence-electron chi connectivity index (χ0n) is 13.7. The van der Waals surface area contributed by atoms with Crippen LogP contribution in [0.2, 0.25) is 0 Å². The topological polar surface area (TPSA) is 9.23 Å². The summed E-state index contributed by atoms with van der Waals surface area (Å²) in [6, 6.07) is 8.70. The molecule has 0 N–H and O–H groups in total. The maximum atomic E-state index is 5.46. The third kappa shape index (κ3) is 2.50. The number of ether oxygens (including phenoxy) is 1. The molecule has 1 aromatic carbocycles. The number of hydrogen-bond acceptors (Lipinski definition) is 2. The highest BCUT2D eigenvalue weighted by molar-refractivity contribution is 8.08. The largest absolute Gasteiger partial charge is 0.497 e. The molecular formula is C20H26OS. The minimum absolute atomic E-state index is 0.872. The Labute approximate surface area is 138 Å². The van der Waals surface area contributed by atoms with Crippen molar-refractivity contribution in [3.63, 3.8) is 0 Å². The SMILES string of the molecule is CCSC(=C1C2CC3CC(C2)CC1C3)c1cccc(OC)c1. The highest BCUT2D eigenvalue weighted by Gasteiger charge is 2.46. The summed E-state index contributed by atoms with van der Waals surface area (Å²) in [6.07, 6.45) is 7.36. The quantitative estimate of drug-likeness (QED) is 0.714. The van der Waals surface area contributed by atoms with E-state index in [0.29, 0.717) is 0 Å². The Kier molecular flexibility index (Phi) is 3.98. The highest BCUT2D eigenvalue weighted by Crippen LogP contribution is 2.59. The lowest BCUT2D eigenvalue weighted by molar-refractivity contribution is 0.0708. The normalized spacial score (nSPS) is 32.4. The van der Waals surface area contributed by atoms with E-state index in [1.807, 2.05) is 5.57 Å². The Morgan fingerprint density at radius 2 is 1.77 bits per heavy atom. The van der Waals surface area contributed by atoms with E-state index >= 15 is 0 Å². The molecular weight excluding hydrogens is 288 g/mol. The summed E-state index contributed by atoms with van der Waals surface area (Å²) in [5.74, 6) is 5.94. The van der Waals surface area contributed by atoms with Crippen LogP contribution in [0.5, 0.6) is 5.75 Å². The molecule has 22 heavy (non-hydrogen) atoms. The van der Waals surface area contributed by atoms with Gasteiger partial charge in [0, 0.05) is 4.91 Å². The summed E-state index contributed by atoms with van der Waals surface area (Å²) >= 11 is 2.05. The summed E-state index contributed by atoms with van der Waals surface area (Å²) < 4.78 is 5.46. The van der Waals surface area contributed by atoms with E-state index in [0.717, 1.165) is 35.2 Å². The fourth-order valence-corrected chi connectivity index (χ4v) is 6.39. The van der Waals surface area contributed by atoms with Crippen LogP contribution in [-0.2, 0) is 0 Å². The van der Waals surface area contributed by atoms with E-state index in [1.54, 1.807) is 12.0 Å². The average Bonchev–Trinajstić information content (AvgIpc) is 2.53. The molecule has 5 rings (SSSR count). The van der Waals surface area contributed by atoms with E-state index in [4.69, 9.17) is 4.74 Å². The Morgan fingerprint density at radius 3 is 2.36 bits per heavy atom. The molecule has 0 heterocycles. The van der Waals surface area contributed by atoms with Gasteiger partial charge in [-0.1, -0.05) is 19.1 Å². The maximum absolute atomic E-state index is 5.46. The van der Waals surface area contributed by atoms with Crippen LogP contribution in [0.4, 0.5) is 0 Å². The van der Waals surface area contributed by atoms with Crippen molar-refractivity contribution in [2.75, 3.05) is 12.9 Å². The molecule has 1 aromatic rings. The van der Waals surface area contributed by atoms with Gasteiger partial charge in [0.15, 0.2) is 0 Å². The maximum Gasteiger partial charge on any atom is 0.119 e. The van der Waals surface area contributed by atoms with Crippen molar-refractivity contribution in [2.24, 2.45) is 23.7 Å². The molecule has 0 spiro atoms. The van der Waals surface area contributed by atoms with Crippen molar-refractivity contribution in [1.29, 1.82) is 0 Å². The summed E-state index contributed by atoms with van der Waals surface area (Å²) in [5.41, 5.74) is 3.20. The molecule has 0 radical (unpaired) electrons. The Hall–Kier alpha value is -0.890. The second kappa shape index (κ2) is 5.96. The van der Waals surface area contributed by atoms with Crippen molar-refractivity contribution in [3.8, 4) is 5.75 Å². The molecule has 4 aliphatic carbocycles. The van der Waals surface area contributed by atoms with Gasteiger partial charge in [-0.3, -0.25) is 0 Å². The van der Waals surface area contributed by atoms with Gasteiger partial charge in [0.1, 0.15) is 5.75 Å². The van der Waals surface area contributed by atoms with Gasteiger partial charge in [-0.15, -0.1) is 11.8 Å². The summed E-state index contributed by atoms with van der Waals surface area (Å²) in [6.45, 7) is 2.28. The lowest BCUT2D eigenvalue weighted by atomic mass is 9.54. The molecule has 4 saturated carbocycles. The van der Waals surface area contributed by atoms with E-state index in [1.165, 1.54) is 37.7 Å². The molecule has 0 aliphatic heterocycles. The zero-order chi connectivity index (χ0) is 15.1. The van der Waals surface area contributed by atoms with Crippen molar-refractivity contribution < 1.29 is 4.74 Å². The molecule has 118 valence electrons. The number of allylic oxidation sites excluding steroid dienone is 1. The molecule has 2 heteroatoms. The first-order valence-electron chi connectivity index (χ1n) is 8.79. The van der Waals surface area contributed by atoms with Crippen molar-refractivity contribution >= 4 is 16.7 Å². The van der Waals surface area contributed by atoms with E-state index in [2.05, 4.69) is 43.0 Å². The molecule has 4 bridgehead atoms. The van der Waals surface area contributed by atoms with Crippen molar-refractivity contribution in [2.45, 2.75) is 39.0 Å². The first-order chi connectivity index (χ1) is 10.8. The number of hydrogen-bond donors (Lipinski definition) is 0. The van der Waals surface area contributed by atoms with Crippen molar-refractivity contribution in [3.05, 3.63) is 35.4 Å². The number of thioether (sulfide) groups is 1. The van der Waals surface area contributed by atoms with Crippen LogP contribution in [0, 0.1) is 23.7 Å². The van der Waals surface area contributed by atoms with Crippen LogP contribution < -0.4 is 4.74 Å². The Morgan fingerprint density at radius 1 is 1.09 bits per heavy atom. The summed E-state index contributed by atoms with van der Waals surface area (Å²) in [5, 5.41) is 0. The van der Waals surface area contributed by atoms with Gasteiger partial charge in [-0.05, 0) is 84.8 Å². The minimum Gasteiger partial charge on any atom is -0.497 e. The molecule has 0 aromatic heterocycles. The number of rotatable bonds is 4. The number of methoxy groups -OCH3 is 1. The molecule has 0 atom stereocenters. The van der Waals surface area contributed by atoms with Gasteiger partial charge < -0.3 is 4.74 Å². The van der Waals surface area contributed by atoms with Crippen LogP contribution >= 0.6 is 11.8 Å². The lowest BCUT2D eigenvalue weighted by Gasteiger charge is -2.52. The smallest absolute Gasteiger partial charge is 0.119 e. The van der Waals surface area contributed by atoms with Crippen LogP contribution in [-0.4, -0.2) is 12.9 Å². The second-order valence-electron chi connectivity index (χ2n) is 7.25. The van der Waals surface area contributed by atoms with Gasteiger partial charge >= 0.3 is 0 Å². The first kappa shape index (κ1) is 14.7. The second-order valence-corrected chi connectivity index (χ2v) is 8.53. The van der Waals surface area contributed by atoms with Crippen LogP contribution in [0.25, 0.3) is 4.91 Å². The fraction of sp³-hybridized carbons (Fsp3) is 0.600. The summed E-state index contributed by atoms with van der Waals surface area (Å²) in [4.78, 5) is 1.58. The monoisotopic (exact) mass is 314 g/mol. The molecule has 0 unspecified atom stereocenters. The predicted octanol–water partition coefficient (Wildman–Crippen LogP) is 5.62. The molecule has 4 fully saturated rings. The minimum atomic E-state index is 0.872. The van der Waals surface area contributed by atoms with E-state index in [-0.39, 0.29) is 0 Å². The van der Waals surface area contributed by atoms with Gasteiger partial charge in [-0.2, -0.15) is 0 Å². The van der Waals surface area contributed by atoms with Crippen LogP contribution in [0.1, 0.15) is 44.6 Å². The van der Waals surface area contributed by atoms with Gasteiger partial charge in [0.2, 0.25) is 0 Å². The third-order valence-electron chi connectivity index (χ3n) is 5.90. The first-order valence-corrected chi connectivity index (χ1v) is 9.78. The van der Waals surface area contributed by atoms with Gasteiger partial charge in [0.25, 0.3) is 0 Å². The van der Waals surface area contributed by atoms with Crippen molar-refractivity contribution in [1.82, 2.24) is 0 Å². The predicted molar refractivity (Wildman–Crippen MR) is 95.1 cm³/mol. The van der Waals surface area contributed by atoms with Gasteiger partial charge in [-0.25, -0.2) is 0 Å². The number of benzene rings is 1. The fourth-order valence-electron chi connectivity index (χ4n) is 5.30. The summed E-state index contributed by atoms with van der Waals surface area (Å²) in [7, 11) is 1.77. The third-order valence-corrected chi connectivity index (χ3v) is 6.95.